The highest BCUT2D eigenvalue weighted by atomic mass is 32.2. The Bertz CT molecular complexity index is 1090. The largest absolute Gasteiger partial charge is 0.390 e. The van der Waals surface area contributed by atoms with E-state index in [1.807, 2.05) is 0 Å². The number of carbonyl (C=O) groups is 1. The van der Waals surface area contributed by atoms with Crippen molar-refractivity contribution in [3.63, 3.8) is 0 Å². The number of nitrogens with one attached hydrogen (secondary N) is 1. The number of aliphatic hydroxyl groups is 1. The van der Waals surface area contributed by atoms with Gasteiger partial charge >= 0.3 is 0 Å². The summed E-state index contributed by atoms with van der Waals surface area (Å²) in [5.41, 5.74) is -0.825. The summed E-state index contributed by atoms with van der Waals surface area (Å²) >= 11 is 0. The van der Waals surface area contributed by atoms with E-state index in [0.717, 1.165) is 6.07 Å². The van der Waals surface area contributed by atoms with Crippen LogP contribution in [-0.2, 0) is 10.0 Å². The van der Waals surface area contributed by atoms with Gasteiger partial charge in [-0.3, -0.25) is 4.79 Å². The van der Waals surface area contributed by atoms with Gasteiger partial charge in [-0.1, -0.05) is 0 Å². The van der Waals surface area contributed by atoms with Crippen molar-refractivity contribution in [2.75, 3.05) is 18.4 Å². The molecule has 0 radical (unpaired) electrons. The molecule has 0 spiro atoms. The fraction of sp³-hybridized carbons (Fsp3) is 0.316. The second-order valence-electron chi connectivity index (χ2n) is 6.94. The quantitative estimate of drug-likeness (QED) is 0.538. The number of anilines is 1. The molecule has 1 fully saturated rings. The lowest BCUT2D eigenvalue weighted by molar-refractivity contribution is 0.0732. The van der Waals surface area contributed by atoms with Gasteiger partial charge in [0, 0.05) is 36.5 Å². The summed E-state index contributed by atoms with van der Waals surface area (Å²) in [5, 5.41) is 11.6. The molecule has 2 aromatic carbocycles. The second kappa shape index (κ2) is 8.89. The van der Waals surface area contributed by atoms with Gasteiger partial charge in [0.1, 0.15) is 16.9 Å². The Morgan fingerprint density at radius 2 is 1.71 bits per heavy atom. The first-order valence-corrected chi connectivity index (χ1v) is 10.5. The van der Waals surface area contributed by atoms with Gasteiger partial charge in [-0.15, -0.1) is 0 Å². The van der Waals surface area contributed by atoms with Gasteiger partial charge < -0.3 is 10.4 Å². The number of carbonyl (C=O) groups excluding carboxylic acids is 1. The SMILES string of the molecule is O=C(Nc1cc(F)c(F)c(F)c1)c1ccc(F)c(S(=O)(=O)N2CCCC(O)C(F)C2)c1. The lowest BCUT2D eigenvalue weighted by atomic mass is 10.1. The van der Waals surface area contributed by atoms with Crippen molar-refractivity contribution < 1.29 is 40.3 Å². The molecule has 0 aliphatic carbocycles. The minimum absolute atomic E-state index is 0.0307. The van der Waals surface area contributed by atoms with Crippen molar-refractivity contribution in [1.29, 1.82) is 0 Å². The van der Waals surface area contributed by atoms with Crippen LogP contribution in [0.4, 0.5) is 27.6 Å². The summed E-state index contributed by atoms with van der Waals surface area (Å²) in [6, 6.07) is 3.37. The molecule has 1 aliphatic heterocycles. The van der Waals surface area contributed by atoms with Crippen molar-refractivity contribution in [2.24, 2.45) is 0 Å². The monoisotopic (exact) mass is 464 g/mol. The highest BCUT2D eigenvalue weighted by Gasteiger charge is 2.34. The summed E-state index contributed by atoms with van der Waals surface area (Å²) in [6.45, 7) is -0.850. The Labute approximate surface area is 174 Å². The van der Waals surface area contributed by atoms with E-state index in [4.69, 9.17) is 0 Å². The maximum atomic E-state index is 14.3. The first kappa shape index (κ1) is 23.1. The Balaban J connectivity index is 1.90. The number of hydrogen-bond donors (Lipinski definition) is 2. The van der Waals surface area contributed by atoms with E-state index in [-0.39, 0.29) is 24.9 Å². The number of hydrogen-bond acceptors (Lipinski definition) is 4. The van der Waals surface area contributed by atoms with Crippen molar-refractivity contribution in [1.82, 2.24) is 4.31 Å². The van der Waals surface area contributed by atoms with E-state index in [1.165, 1.54) is 0 Å². The molecule has 2 unspecified atom stereocenters. The number of amides is 1. The first-order chi connectivity index (χ1) is 14.5. The molecule has 1 aliphatic rings. The number of benzene rings is 2. The zero-order valence-electron chi connectivity index (χ0n) is 15.8. The summed E-state index contributed by atoms with van der Waals surface area (Å²) in [4.78, 5) is 11.5. The summed E-state index contributed by atoms with van der Waals surface area (Å²) in [6.07, 6.45) is -3.04. The van der Waals surface area contributed by atoms with Gasteiger partial charge in [-0.25, -0.2) is 30.4 Å². The lowest BCUT2D eigenvalue weighted by Crippen LogP contribution is -2.38. The topological polar surface area (TPSA) is 86.7 Å². The molecule has 0 bridgehead atoms. The molecule has 1 saturated heterocycles. The van der Waals surface area contributed by atoms with E-state index in [0.29, 0.717) is 28.6 Å². The van der Waals surface area contributed by atoms with Gasteiger partial charge in [0.2, 0.25) is 10.0 Å². The zero-order chi connectivity index (χ0) is 22.9. The molecule has 2 N–H and O–H groups in total. The lowest BCUT2D eigenvalue weighted by Gasteiger charge is -2.22. The number of aliphatic hydroxyl groups excluding tert-OH is 1. The highest BCUT2D eigenvalue weighted by Crippen LogP contribution is 2.25. The molecule has 31 heavy (non-hydrogen) atoms. The Morgan fingerprint density at radius 3 is 2.35 bits per heavy atom. The van der Waals surface area contributed by atoms with E-state index >= 15 is 0 Å². The number of halogens is 5. The molecule has 6 nitrogen and oxygen atoms in total. The van der Waals surface area contributed by atoms with Crippen LogP contribution in [0.25, 0.3) is 0 Å². The van der Waals surface area contributed by atoms with Crippen LogP contribution < -0.4 is 5.32 Å². The molecule has 2 aromatic rings. The number of alkyl halides is 1. The van der Waals surface area contributed by atoms with Crippen LogP contribution in [0.15, 0.2) is 35.2 Å². The number of rotatable bonds is 4. The predicted molar refractivity (Wildman–Crippen MR) is 99.6 cm³/mol. The minimum atomic E-state index is -4.56. The molecule has 168 valence electrons. The molecule has 3 rings (SSSR count). The van der Waals surface area contributed by atoms with Crippen LogP contribution in [-0.4, -0.2) is 49.1 Å². The van der Waals surface area contributed by atoms with Crippen LogP contribution in [0.3, 0.4) is 0 Å². The summed E-state index contributed by atoms with van der Waals surface area (Å²) in [5.74, 6) is -7.09. The molecule has 1 heterocycles. The molecule has 0 aromatic heterocycles. The zero-order valence-corrected chi connectivity index (χ0v) is 16.6. The normalized spacial score (nSPS) is 20.3. The Hall–Kier alpha value is -2.57. The fourth-order valence-corrected chi connectivity index (χ4v) is 4.67. The Kier molecular flexibility index (Phi) is 6.62. The molecule has 2 atom stereocenters. The highest BCUT2D eigenvalue weighted by molar-refractivity contribution is 7.89. The van der Waals surface area contributed by atoms with E-state index in [9.17, 15) is 40.3 Å². The van der Waals surface area contributed by atoms with Crippen LogP contribution in [0.1, 0.15) is 23.2 Å². The van der Waals surface area contributed by atoms with Gasteiger partial charge in [-0.2, -0.15) is 4.31 Å². The molecule has 1 amide bonds. The maximum Gasteiger partial charge on any atom is 0.255 e. The second-order valence-corrected chi connectivity index (χ2v) is 8.85. The van der Waals surface area contributed by atoms with E-state index < -0.39 is 68.6 Å². The maximum absolute atomic E-state index is 14.3. The van der Waals surface area contributed by atoms with Crippen LogP contribution in [0.5, 0.6) is 0 Å². The van der Waals surface area contributed by atoms with Crippen molar-refractivity contribution in [3.05, 3.63) is 59.2 Å². The minimum Gasteiger partial charge on any atom is -0.390 e. The third-order valence-corrected chi connectivity index (χ3v) is 6.64. The standard InChI is InChI=1S/C19H17F5N2O4S/c20-12-4-3-10(19(28)25-11-7-13(21)18(24)14(22)8-11)6-17(12)31(29,30)26-5-1-2-16(27)15(23)9-26/h3-4,6-8,15-16,27H,1-2,5,9H2,(H,25,28). The average Bonchev–Trinajstić information content (AvgIpc) is 2.87. The first-order valence-electron chi connectivity index (χ1n) is 9.08. The molecular formula is C19H17F5N2O4S. The van der Waals surface area contributed by atoms with Crippen molar-refractivity contribution in [3.8, 4) is 0 Å². The number of nitrogens with zero attached hydrogens (tertiary/aromatic N) is 1. The van der Waals surface area contributed by atoms with Gasteiger partial charge in [0.15, 0.2) is 17.5 Å². The summed E-state index contributed by atoms with van der Waals surface area (Å²) < 4.78 is 94.3. The molecule has 12 heteroatoms. The third kappa shape index (κ3) is 4.86. The van der Waals surface area contributed by atoms with E-state index in [1.54, 1.807) is 0 Å². The third-order valence-electron chi connectivity index (χ3n) is 4.76. The fourth-order valence-electron chi connectivity index (χ4n) is 3.10. The predicted octanol–water partition coefficient (Wildman–Crippen LogP) is 2.98. The van der Waals surface area contributed by atoms with Crippen LogP contribution in [0, 0.1) is 23.3 Å². The molecular weight excluding hydrogens is 447 g/mol. The van der Waals surface area contributed by atoms with Gasteiger partial charge in [0.25, 0.3) is 5.91 Å². The average molecular weight is 464 g/mol. The number of sulfonamides is 1. The Morgan fingerprint density at radius 1 is 1.06 bits per heavy atom. The summed E-state index contributed by atoms with van der Waals surface area (Å²) in [7, 11) is -4.56. The van der Waals surface area contributed by atoms with E-state index in [2.05, 4.69) is 5.32 Å². The smallest absolute Gasteiger partial charge is 0.255 e. The van der Waals surface area contributed by atoms with Gasteiger partial charge in [-0.05, 0) is 31.0 Å². The molecule has 0 saturated carbocycles. The van der Waals surface area contributed by atoms with Crippen molar-refractivity contribution >= 4 is 21.6 Å². The van der Waals surface area contributed by atoms with Gasteiger partial charge in [0.05, 0.1) is 6.10 Å². The van der Waals surface area contributed by atoms with Crippen molar-refractivity contribution in [2.45, 2.75) is 30.0 Å². The van der Waals surface area contributed by atoms with Crippen LogP contribution in [0.2, 0.25) is 0 Å². The van der Waals surface area contributed by atoms with Crippen LogP contribution >= 0.6 is 0 Å².